The van der Waals surface area contributed by atoms with E-state index in [2.05, 4.69) is 10.5 Å². The first-order valence-electron chi connectivity index (χ1n) is 7.36. The van der Waals surface area contributed by atoms with E-state index in [1.54, 1.807) is 36.4 Å². The van der Waals surface area contributed by atoms with Crippen LogP contribution in [0.15, 0.2) is 53.6 Å². The van der Waals surface area contributed by atoms with Crippen molar-refractivity contribution < 1.29 is 9.53 Å². The zero-order chi connectivity index (χ0) is 17.4. The van der Waals surface area contributed by atoms with E-state index < -0.39 is 0 Å². The number of nitriles is 1. The Balaban J connectivity index is 1.90. The summed E-state index contributed by atoms with van der Waals surface area (Å²) in [4.78, 5) is 11.8. The van der Waals surface area contributed by atoms with E-state index in [4.69, 9.17) is 21.6 Å². The van der Waals surface area contributed by atoms with Gasteiger partial charge in [0.15, 0.2) is 6.61 Å². The second kappa shape index (κ2) is 8.70. The molecule has 2 rings (SSSR count). The molecule has 0 bridgehead atoms. The Morgan fingerprint density at radius 1 is 1.21 bits per heavy atom. The van der Waals surface area contributed by atoms with E-state index in [-0.39, 0.29) is 12.5 Å². The van der Waals surface area contributed by atoms with Gasteiger partial charge in [0.2, 0.25) is 0 Å². The summed E-state index contributed by atoms with van der Waals surface area (Å²) in [6.45, 7) is 1.79. The highest BCUT2D eigenvalue weighted by Gasteiger charge is 2.05. The van der Waals surface area contributed by atoms with Crippen molar-refractivity contribution in [3.8, 4) is 11.8 Å². The first-order valence-corrected chi connectivity index (χ1v) is 7.74. The maximum absolute atomic E-state index is 11.8. The molecule has 0 fully saturated rings. The summed E-state index contributed by atoms with van der Waals surface area (Å²) >= 11 is 5.86. The lowest BCUT2D eigenvalue weighted by molar-refractivity contribution is -0.123. The van der Waals surface area contributed by atoms with Gasteiger partial charge in [-0.2, -0.15) is 10.4 Å². The van der Waals surface area contributed by atoms with Crippen LogP contribution in [0.4, 0.5) is 0 Å². The number of hydrogen-bond donors (Lipinski definition) is 1. The molecule has 5 nitrogen and oxygen atoms in total. The Labute approximate surface area is 145 Å². The predicted octanol–water partition coefficient (Wildman–Crippen LogP) is 3.52. The summed E-state index contributed by atoms with van der Waals surface area (Å²) in [7, 11) is 0. The number of hydrazone groups is 1. The van der Waals surface area contributed by atoms with Gasteiger partial charge in [-0.3, -0.25) is 4.79 Å². The molecule has 1 N–H and O–H groups in total. The smallest absolute Gasteiger partial charge is 0.277 e. The van der Waals surface area contributed by atoms with Crippen molar-refractivity contribution in [2.45, 2.75) is 13.3 Å². The van der Waals surface area contributed by atoms with Gasteiger partial charge >= 0.3 is 0 Å². The average Bonchev–Trinajstić information content (AvgIpc) is 2.62. The highest BCUT2D eigenvalue weighted by Crippen LogP contribution is 2.12. The Bertz CT molecular complexity index is 762. The molecule has 0 unspecified atom stereocenters. The van der Waals surface area contributed by atoms with Crippen molar-refractivity contribution in [3.63, 3.8) is 0 Å². The van der Waals surface area contributed by atoms with Crippen LogP contribution in [0.1, 0.15) is 24.5 Å². The SMILES string of the molecule is CC/C(=N/NC(=O)COc1ccc(C#N)cc1)c1ccc(Cl)cc1. The number of rotatable bonds is 6. The van der Waals surface area contributed by atoms with Gasteiger partial charge < -0.3 is 4.74 Å². The van der Waals surface area contributed by atoms with Crippen LogP contribution in [0.25, 0.3) is 0 Å². The molecule has 0 aliphatic carbocycles. The lowest BCUT2D eigenvalue weighted by Crippen LogP contribution is -2.26. The molecule has 2 aromatic carbocycles. The number of hydrogen-bond acceptors (Lipinski definition) is 4. The highest BCUT2D eigenvalue weighted by molar-refractivity contribution is 6.30. The van der Waals surface area contributed by atoms with E-state index >= 15 is 0 Å². The van der Waals surface area contributed by atoms with E-state index in [1.165, 1.54) is 0 Å². The van der Waals surface area contributed by atoms with Crippen LogP contribution in [-0.2, 0) is 4.79 Å². The standard InChI is InChI=1S/C18H16ClN3O2/c1-2-17(14-5-7-15(19)8-6-14)21-22-18(23)12-24-16-9-3-13(11-20)4-10-16/h3-10H,2,12H2,1H3,(H,22,23)/b21-17-. The van der Waals surface area contributed by atoms with E-state index in [0.717, 1.165) is 11.3 Å². The maximum atomic E-state index is 11.8. The summed E-state index contributed by atoms with van der Waals surface area (Å²) in [5, 5.41) is 13.5. The fourth-order valence-corrected chi connectivity index (χ4v) is 2.05. The molecule has 122 valence electrons. The fourth-order valence-electron chi connectivity index (χ4n) is 1.93. The second-order valence-corrected chi connectivity index (χ2v) is 5.32. The molecular weight excluding hydrogens is 326 g/mol. The monoisotopic (exact) mass is 341 g/mol. The van der Waals surface area contributed by atoms with Crippen LogP contribution in [-0.4, -0.2) is 18.2 Å². The normalized spacial score (nSPS) is 10.8. The number of nitrogens with one attached hydrogen (secondary N) is 1. The third-order valence-corrected chi connectivity index (χ3v) is 3.43. The third kappa shape index (κ3) is 5.11. The fraction of sp³-hybridized carbons (Fsp3) is 0.167. The van der Waals surface area contributed by atoms with Gasteiger partial charge in [-0.1, -0.05) is 30.7 Å². The van der Waals surface area contributed by atoms with Gasteiger partial charge in [-0.05, 0) is 48.4 Å². The minimum absolute atomic E-state index is 0.160. The molecule has 0 aromatic heterocycles. The molecule has 0 aliphatic rings. The van der Waals surface area contributed by atoms with Crippen LogP contribution in [0.3, 0.4) is 0 Å². The molecule has 0 heterocycles. The number of amides is 1. The quantitative estimate of drug-likeness (QED) is 0.645. The number of halogens is 1. The van der Waals surface area contributed by atoms with Crippen LogP contribution >= 0.6 is 11.6 Å². The van der Waals surface area contributed by atoms with Crippen molar-refractivity contribution in [3.05, 3.63) is 64.7 Å². The van der Waals surface area contributed by atoms with Crippen molar-refractivity contribution in [1.29, 1.82) is 5.26 Å². The minimum atomic E-state index is -0.362. The average molecular weight is 342 g/mol. The highest BCUT2D eigenvalue weighted by atomic mass is 35.5. The molecule has 6 heteroatoms. The molecule has 2 aromatic rings. The first kappa shape index (κ1) is 17.5. The Hall–Kier alpha value is -2.84. The van der Waals surface area contributed by atoms with Gasteiger partial charge in [0.05, 0.1) is 17.3 Å². The summed E-state index contributed by atoms with van der Waals surface area (Å²) in [6, 6.07) is 15.8. The third-order valence-electron chi connectivity index (χ3n) is 3.18. The Morgan fingerprint density at radius 2 is 1.88 bits per heavy atom. The van der Waals surface area contributed by atoms with Crippen molar-refractivity contribution in [2.24, 2.45) is 5.10 Å². The number of carbonyl (C=O) groups is 1. The van der Waals surface area contributed by atoms with Gasteiger partial charge in [-0.15, -0.1) is 0 Å². The van der Waals surface area contributed by atoms with Gasteiger partial charge in [0.1, 0.15) is 5.75 Å². The predicted molar refractivity (Wildman–Crippen MR) is 93.1 cm³/mol. The topological polar surface area (TPSA) is 74.5 Å². The number of benzene rings is 2. The zero-order valence-electron chi connectivity index (χ0n) is 13.1. The number of nitrogens with zero attached hydrogens (tertiary/aromatic N) is 2. The molecule has 0 atom stereocenters. The lowest BCUT2D eigenvalue weighted by atomic mass is 10.1. The molecular formula is C18H16ClN3O2. The van der Waals surface area contributed by atoms with Crippen molar-refractivity contribution in [2.75, 3.05) is 6.61 Å². The minimum Gasteiger partial charge on any atom is -0.484 e. The van der Waals surface area contributed by atoms with Crippen LogP contribution in [0, 0.1) is 11.3 Å². The van der Waals surface area contributed by atoms with Crippen LogP contribution in [0.2, 0.25) is 5.02 Å². The second-order valence-electron chi connectivity index (χ2n) is 4.88. The molecule has 0 aliphatic heterocycles. The molecule has 1 amide bonds. The Kier molecular flexibility index (Phi) is 6.35. The molecule has 0 saturated carbocycles. The molecule has 0 spiro atoms. The summed E-state index contributed by atoms with van der Waals surface area (Å²) < 4.78 is 5.35. The summed E-state index contributed by atoms with van der Waals surface area (Å²) in [6.07, 6.45) is 0.665. The van der Waals surface area contributed by atoms with E-state index in [1.807, 2.05) is 25.1 Å². The van der Waals surface area contributed by atoms with Gasteiger partial charge in [0, 0.05) is 5.02 Å². The number of ether oxygens (including phenoxy) is 1. The zero-order valence-corrected chi connectivity index (χ0v) is 13.9. The first-order chi connectivity index (χ1) is 11.6. The molecule has 0 radical (unpaired) electrons. The lowest BCUT2D eigenvalue weighted by Gasteiger charge is -2.07. The van der Waals surface area contributed by atoms with Crippen molar-refractivity contribution in [1.82, 2.24) is 5.43 Å². The van der Waals surface area contributed by atoms with E-state index in [9.17, 15) is 4.79 Å². The Morgan fingerprint density at radius 3 is 2.46 bits per heavy atom. The largest absolute Gasteiger partial charge is 0.484 e. The maximum Gasteiger partial charge on any atom is 0.277 e. The summed E-state index contributed by atoms with van der Waals surface area (Å²) in [5.74, 6) is 0.154. The van der Waals surface area contributed by atoms with Crippen LogP contribution in [0.5, 0.6) is 5.75 Å². The summed E-state index contributed by atoms with van der Waals surface area (Å²) in [5.41, 5.74) is 4.66. The number of carbonyl (C=O) groups excluding carboxylic acids is 1. The van der Waals surface area contributed by atoms with Gasteiger partial charge in [-0.25, -0.2) is 5.43 Å². The van der Waals surface area contributed by atoms with Crippen LogP contribution < -0.4 is 10.2 Å². The van der Waals surface area contributed by atoms with Gasteiger partial charge in [0.25, 0.3) is 5.91 Å². The van der Waals surface area contributed by atoms with E-state index in [0.29, 0.717) is 22.8 Å². The van der Waals surface area contributed by atoms with Crippen molar-refractivity contribution >= 4 is 23.2 Å². The molecule has 24 heavy (non-hydrogen) atoms. The molecule has 0 saturated heterocycles.